The summed E-state index contributed by atoms with van der Waals surface area (Å²) in [7, 11) is -1.01. The van der Waals surface area contributed by atoms with E-state index < -0.39 is 7.92 Å². The number of nitrogens with zero attached hydrogens (tertiary/aromatic N) is 1. The molecule has 4 aromatic carbocycles. The Hall–Kier alpha value is -3.16. The molecule has 0 bridgehead atoms. The summed E-state index contributed by atoms with van der Waals surface area (Å²) in [5.74, 6) is 0.0997. The molecule has 1 amide bonds. The summed E-state index contributed by atoms with van der Waals surface area (Å²) in [5.41, 5.74) is 0.604. The molecule has 3 nitrogen and oxygen atoms in total. The van der Waals surface area contributed by atoms with Gasteiger partial charge in [0.1, 0.15) is 5.75 Å². The number of amides is 1. The van der Waals surface area contributed by atoms with Gasteiger partial charge in [-0.1, -0.05) is 84.9 Å². The minimum absolute atomic E-state index is 0.0335. The van der Waals surface area contributed by atoms with E-state index in [0.717, 1.165) is 10.7 Å². The summed E-state index contributed by atoms with van der Waals surface area (Å²) >= 11 is 0. The fourth-order valence-corrected chi connectivity index (χ4v) is 6.98. The van der Waals surface area contributed by atoms with E-state index in [4.69, 9.17) is 0 Å². The van der Waals surface area contributed by atoms with Crippen LogP contribution in [0.15, 0.2) is 91.0 Å². The maximum Gasteiger partial charge on any atom is 0.255 e. The summed E-state index contributed by atoms with van der Waals surface area (Å²) in [6, 6.07) is 30.3. The van der Waals surface area contributed by atoms with E-state index in [1.54, 1.807) is 6.07 Å². The van der Waals surface area contributed by atoms with Gasteiger partial charge in [-0.25, -0.2) is 0 Å². The van der Waals surface area contributed by atoms with Crippen molar-refractivity contribution in [2.24, 2.45) is 0 Å². The van der Waals surface area contributed by atoms with Gasteiger partial charge in [-0.3, -0.25) is 4.79 Å². The molecule has 0 saturated heterocycles. The van der Waals surface area contributed by atoms with Crippen molar-refractivity contribution in [2.45, 2.75) is 39.8 Å². The molecular weight excluding hydrogens is 425 g/mol. The third kappa shape index (κ3) is 4.51. The predicted molar refractivity (Wildman–Crippen MR) is 141 cm³/mol. The molecule has 0 heterocycles. The van der Waals surface area contributed by atoms with Crippen molar-refractivity contribution in [2.75, 3.05) is 0 Å². The highest BCUT2D eigenvalue weighted by Crippen LogP contribution is 2.39. The summed E-state index contributed by atoms with van der Waals surface area (Å²) in [5, 5.41) is 15.7. The molecule has 1 N–H and O–H groups in total. The Bertz CT molecular complexity index is 1210. The number of hydrogen-bond acceptors (Lipinski definition) is 2. The van der Waals surface area contributed by atoms with E-state index in [1.807, 2.05) is 87.2 Å². The molecule has 0 unspecified atom stereocenters. The lowest BCUT2D eigenvalue weighted by atomic mass is 10.0. The van der Waals surface area contributed by atoms with Crippen LogP contribution < -0.4 is 15.9 Å². The molecule has 0 atom stereocenters. The van der Waals surface area contributed by atoms with E-state index in [0.29, 0.717) is 10.9 Å². The number of aromatic hydroxyl groups is 1. The van der Waals surface area contributed by atoms with Crippen LogP contribution in [0.2, 0.25) is 0 Å². The first-order valence-electron chi connectivity index (χ1n) is 11.4. The highest BCUT2D eigenvalue weighted by molar-refractivity contribution is 7.80. The lowest BCUT2D eigenvalue weighted by Crippen LogP contribution is -2.44. The van der Waals surface area contributed by atoms with Crippen LogP contribution in [-0.2, 0) is 0 Å². The van der Waals surface area contributed by atoms with Crippen LogP contribution in [0, 0.1) is 0 Å². The van der Waals surface area contributed by atoms with Crippen molar-refractivity contribution >= 4 is 40.5 Å². The van der Waals surface area contributed by atoms with Crippen molar-refractivity contribution in [1.29, 1.82) is 0 Å². The van der Waals surface area contributed by atoms with Crippen molar-refractivity contribution in [3.05, 3.63) is 96.6 Å². The van der Waals surface area contributed by atoms with E-state index in [-0.39, 0.29) is 23.7 Å². The third-order valence-electron chi connectivity index (χ3n) is 5.83. The van der Waals surface area contributed by atoms with Crippen LogP contribution in [0.5, 0.6) is 5.75 Å². The second-order valence-electron chi connectivity index (χ2n) is 8.74. The number of rotatable bonds is 6. The zero-order chi connectivity index (χ0) is 23.5. The zero-order valence-electron chi connectivity index (χ0n) is 19.6. The number of phenolic OH excluding ortho intramolecular Hbond substituents is 1. The number of benzene rings is 4. The number of carbonyl (C=O) groups excluding carboxylic acids is 1. The summed E-state index contributed by atoms with van der Waals surface area (Å²) in [6.45, 7) is 8.17. The highest BCUT2D eigenvalue weighted by Gasteiger charge is 2.30. The topological polar surface area (TPSA) is 40.5 Å². The monoisotopic (exact) mass is 455 g/mol. The first-order chi connectivity index (χ1) is 15.9. The standard InChI is InChI=1S/C29H30NO2P/c1-20(2)30(21(3)4)29(32)28-26(19-18-22-12-11-17-25(31)27(22)28)33(23-13-7-5-8-14-23)24-15-9-6-10-16-24/h5-21,31H,1-4H3. The van der Waals surface area contributed by atoms with Crippen LogP contribution in [0.25, 0.3) is 10.8 Å². The van der Waals surface area contributed by atoms with Gasteiger partial charge in [0.25, 0.3) is 5.91 Å². The molecular formula is C29H30NO2P. The molecule has 0 spiro atoms. The van der Waals surface area contributed by atoms with Crippen molar-refractivity contribution < 1.29 is 9.90 Å². The summed E-state index contributed by atoms with van der Waals surface area (Å²) < 4.78 is 0. The minimum Gasteiger partial charge on any atom is -0.507 e. The van der Waals surface area contributed by atoms with Crippen LogP contribution in [0.4, 0.5) is 0 Å². The Labute approximate surface area is 197 Å². The molecule has 0 aliphatic carbocycles. The van der Waals surface area contributed by atoms with E-state index in [2.05, 4.69) is 30.3 Å². The molecule has 4 heteroatoms. The molecule has 0 radical (unpaired) electrons. The van der Waals surface area contributed by atoms with Gasteiger partial charge < -0.3 is 10.0 Å². The molecule has 0 aliphatic rings. The molecule has 0 fully saturated rings. The second-order valence-corrected chi connectivity index (χ2v) is 10.9. The average Bonchev–Trinajstić information content (AvgIpc) is 2.80. The van der Waals surface area contributed by atoms with Crippen LogP contribution in [0.3, 0.4) is 0 Å². The summed E-state index contributed by atoms with van der Waals surface area (Å²) in [4.78, 5) is 16.1. The number of hydrogen-bond donors (Lipinski definition) is 1. The molecule has 0 aromatic heterocycles. The quantitative estimate of drug-likeness (QED) is 0.387. The van der Waals surface area contributed by atoms with Crippen molar-refractivity contribution in [3.63, 3.8) is 0 Å². The van der Waals surface area contributed by atoms with E-state index >= 15 is 0 Å². The average molecular weight is 456 g/mol. The van der Waals surface area contributed by atoms with Crippen LogP contribution in [0.1, 0.15) is 38.1 Å². The largest absolute Gasteiger partial charge is 0.507 e. The molecule has 168 valence electrons. The van der Waals surface area contributed by atoms with E-state index in [9.17, 15) is 9.90 Å². The van der Waals surface area contributed by atoms with Crippen molar-refractivity contribution in [1.82, 2.24) is 4.90 Å². The highest BCUT2D eigenvalue weighted by atomic mass is 31.1. The molecule has 0 saturated carbocycles. The summed E-state index contributed by atoms with van der Waals surface area (Å²) in [6.07, 6.45) is 0. The lowest BCUT2D eigenvalue weighted by molar-refractivity contribution is 0.0647. The Morgan fingerprint density at radius 3 is 1.79 bits per heavy atom. The van der Waals surface area contributed by atoms with Gasteiger partial charge in [-0.15, -0.1) is 0 Å². The Morgan fingerprint density at radius 1 is 0.727 bits per heavy atom. The maximum absolute atomic E-state index is 14.2. The van der Waals surface area contributed by atoms with Gasteiger partial charge in [0.2, 0.25) is 0 Å². The fraction of sp³-hybridized carbons (Fsp3) is 0.207. The fourth-order valence-electron chi connectivity index (χ4n) is 4.53. The smallest absolute Gasteiger partial charge is 0.255 e. The van der Waals surface area contributed by atoms with E-state index in [1.165, 1.54) is 10.6 Å². The Balaban J connectivity index is 2.07. The first kappa shape index (κ1) is 23.0. The normalized spacial score (nSPS) is 11.5. The number of phenols is 1. The molecule has 0 aliphatic heterocycles. The number of carbonyl (C=O) groups is 1. The van der Waals surface area contributed by atoms with Gasteiger partial charge >= 0.3 is 0 Å². The van der Waals surface area contributed by atoms with Gasteiger partial charge in [0.15, 0.2) is 0 Å². The van der Waals surface area contributed by atoms with Gasteiger partial charge in [-0.2, -0.15) is 0 Å². The Kier molecular flexibility index (Phi) is 6.81. The Morgan fingerprint density at radius 2 is 1.27 bits per heavy atom. The van der Waals surface area contributed by atoms with Crippen LogP contribution in [-0.4, -0.2) is 28.0 Å². The first-order valence-corrected chi connectivity index (χ1v) is 12.7. The lowest BCUT2D eigenvalue weighted by Gasteiger charge is -2.33. The third-order valence-corrected chi connectivity index (χ3v) is 8.32. The minimum atomic E-state index is -1.01. The molecule has 33 heavy (non-hydrogen) atoms. The second kappa shape index (κ2) is 9.77. The predicted octanol–water partition coefficient (Wildman–Crippen LogP) is 5.56. The van der Waals surface area contributed by atoms with Gasteiger partial charge in [0, 0.05) is 17.5 Å². The zero-order valence-corrected chi connectivity index (χ0v) is 20.5. The van der Waals surface area contributed by atoms with Crippen molar-refractivity contribution in [3.8, 4) is 5.75 Å². The van der Waals surface area contributed by atoms with Gasteiger partial charge in [-0.05, 0) is 63.0 Å². The molecule has 4 rings (SSSR count). The SMILES string of the molecule is CC(C)N(C(=O)c1c(P(c2ccccc2)c2ccccc2)ccc2cccc(O)c12)C(C)C. The molecule has 4 aromatic rings. The maximum atomic E-state index is 14.2. The van der Waals surface area contributed by atoms with Crippen LogP contribution >= 0.6 is 7.92 Å². The number of fused-ring (bicyclic) bond motifs is 1. The van der Waals surface area contributed by atoms with Gasteiger partial charge in [0.05, 0.1) is 5.56 Å².